The van der Waals surface area contributed by atoms with E-state index in [1.54, 1.807) is 7.11 Å². The van der Waals surface area contributed by atoms with Crippen molar-refractivity contribution >= 4 is 18.3 Å². The van der Waals surface area contributed by atoms with Gasteiger partial charge in [-0.3, -0.25) is 4.79 Å². The molecule has 1 saturated heterocycles. The average Bonchev–Trinajstić information content (AvgIpc) is 2.55. The molecule has 0 aromatic heterocycles. The van der Waals surface area contributed by atoms with Crippen LogP contribution in [-0.2, 0) is 11.3 Å². The van der Waals surface area contributed by atoms with Gasteiger partial charge >= 0.3 is 0 Å². The van der Waals surface area contributed by atoms with Gasteiger partial charge in [-0.15, -0.1) is 12.4 Å². The average molecular weight is 341 g/mol. The van der Waals surface area contributed by atoms with E-state index in [1.807, 2.05) is 25.1 Å². The number of methoxy groups -OCH3 is 1. The normalized spacial score (nSPS) is 18.7. The predicted molar refractivity (Wildman–Crippen MR) is 96.2 cm³/mol. The number of halogens is 1. The Labute approximate surface area is 145 Å². The summed E-state index contributed by atoms with van der Waals surface area (Å²) in [5, 5.41) is 6.44. The van der Waals surface area contributed by atoms with Crippen molar-refractivity contribution in [1.29, 1.82) is 0 Å². The van der Waals surface area contributed by atoms with E-state index in [1.165, 1.54) is 12.8 Å². The Balaban J connectivity index is 0.00000264. The summed E-state index contributed by atoms with van der Waals surface area (Å²) in [6.45, 7) is 6.92. The molecule has 1 amide bonds. The first-order chi connectivity index (χ1) is 10.6. The summed E-state index contributed by atoms with van der Waals surface area (Å²) in [6.07, 6.45) is 3.06. The Bertz CT molecular complexity index is 502. The second-order valence-corrected chi connectivity index (χ2v) is 6.37. The lowest BCUT2D eigenvalue weighted by molar-refractivity contribution is -0.122. The van der Waals surface area contributed by atoms with Gasteiger partial charge in [0.15, 0.2) is 0 Å². The number of hydrogen-bond donors (Lipinski definition) is 2. The quantitative estimate of drug-likeness (QED) is 0.836. The third kappa shape index (κ3) is 6.04. The van der Waals surface area contributed by atoms with Crippen LogP contribution in [0.2, 0.25) is 0 Å². The van der Waals surface area contributed by atoms with Gasteiger partial charge in [-0.25, -0.2) is 0 Å². The van der Waals surface area contributed by atoms with Crippen LogP contribution in [-0.4, -0.2) is 26.1 Å². The summed E-state index contributed by atoms with van der Waals surface area (Å²) in [7, 11) is 1.67. The first kappa shape index (κ1) is 19.8. The molecule has 2 unspecified atom stereocenters. The maximum absolute atomic E-state index is 12.1. The predicted octanol–water partition coefficient (Wildman–Crippen LogP) is 3.07. The minimum atomic E-state index is 0. The zero-order valence-electron chi connectivity index (χ0n) is 14.4. The van der Waals surface area contributed by atoms with E-state index >= 15 is 0 Å². The summed E-state index contributed by atoms with van der Waals surface area (Å²) in [5.74, 6) is 2.06. The molecule has 1 aromatic rings. The molecule has 130 valence electrons. The monoisotopic (exact) mass is 340 g/mol. The van der Waals surface area contributed by atoms with Crippen LogP contribution in [0, 0.1) is 18.8 Å². The molecular formula is C18H29ClN2O2. The van der Waals surface area contributed by atoms with Gasteiger partial charge in [0.2, 0.25) is 5.91 Å². The zero-order valence-corrected chi connectivity index (χ0v) is 15.2. The molecule has 1 aromatic carbocycles. The second-order valence-electron chi connectivity index (χ2n) is 6.37. The fourth-order valence-electron chi connectivity index (χ4n) is 3.07. The minimum Gasteiger partial charge on any atom is -0.496 e. The van der Waals surface area contributed by atoms with E-state index in [4.69, 9.17) is 4.74 Å². The lowest BCUT2D eigenvalue weighted by atomic mass is 9.85. The summed E-state index contributed by atoms with van der Waals surface area (Å²) in [6, 6.07) is 6.05. The number of aryl methyl sites for hydroxylation is 1. The fraction of sp³-hybridized carbons (Fsp3) is 0.611. The van der Waals surface area contributed by atoms with Crippen molar-refractivity contribution in [3.8, 4) is 5.75 Å². The Morgan fingerprint density at radius 1 is 1.48 bits per heavy atom. The standard InChI is InChI=1S/C18H28N2O2.ClH/c1-13-6-7-15(10-17(13)22-3)11-20-18(21)9-14(2)16-5-4-8-19-12-16;/h6-7,10,14,16,19H,4-5,8-9,11-12H2,1-3H3,(H,20,21);1H. The smallest absolute Gasteiger partial charge is 0.220 e. The minimum absolute atomic E-state index is 0. The maximum Gasteiger partial charge on any atom is 0.220 e. The van der Waals surface area contributed by atoms with Gasteiger partial charge in [-0.1, -0.05) is 19.1 Å². The van der Waals surface area contributed by atoms with Gasteiger partial charge < -0.3 is 15.4 Å². The lowest BCUT2D eigenvalue weighted by Crippen LogP contribution is -2.35. The van der Waals surface area contributed by atoms with Gasteiger partial charge in [0.05, 0.1) is 7.11 Å². The van der Waals surface area contributed by atoms with Crippen molar-refractivity contribution in [2.24, 2.45) is 11.8 Å². The van der Waals surface area contributed by atoms with E-state index in [-0.39, 0.29) is 18.3 Å². The highest BCUT2D eigenvalue weighted by Crippen LogP contribution is 2.22. The van der Waals surface area contributed by atoms with E-state index in [0.717, 1.165) is 30.0 Å². The van der Waals surface area contributed by atoms with Crippen molar-refractivity contribution in [3.63, 3.8) is 0 Å². The van der Waals surface area contributed by atoms with Gasteiger partial charge in [-0.05, 0) is 61.9 Å². The highest BCUT2D eigenvalue weighted by atomic mass is 35.5. The zero-order chi connectivity index (χ0) is 15.9. The number of carbonyl (C=O) groups excluding carboxylic acids is 1. The lowest BCUT2D eigenvalue weighted by Gasteiger charge is -2.28. The molecule has 23 heavy (non-hydrogen) atoms. The van der Waals surface area contributed by atoms with E-state index in [2.05, 4.69) is 17.6 Å². The first-order valence-corrected chi connectivity index (χ1v) is 8.21. The van der Waals surface area contributed by atoms with Crippen molar-refractivity contribution in [3.05, 3.63) is 29.3 Å². The third-order valence-electron chi connectivity index (χ3n) is 4.61. The van der Waals surface area contributed by atoms with E-state index in [9.17, 15) is 4.79 Å². The molecule has 0 aliphatic carbocycles. The molecule has 0 bridgehead atoms. The van der Waals surface area contributed by atoms with Crippen molar-refractivity contribution in [2.45, 2.75) is 39.7 Å². The van der Waals surface area contributed by atoms with Crippen LogP contribution < -0.4 is 15.4 Å². The van der Waals surface area contributed by atoms with Crippen LogP contribution in [0.1, 0.15) is 37.3 Å². The highest BCUT2D eigenvalue weighted by molar-refractivity contribution is 5.85. The molecule has 1 fully saturated rings. The van der Waals surface area contributed by atoms with Crippen LogP contribution in [0.5, 0.6) is 5.75 Å². The molecule has 1 heterocycles. The van der Waals surface area contributed by atoms with E-state index in [0.29, 0.717) is 24.8 Å². The summed E-state index contributed by atoms with van der Waals surface area (Å²) < 4.78 is 5.32. The molecule has 2 rings (SSSR count). The number of hydrogen-bond acceptors (Lipinski definition) is 3. The fourth-order valence-corrected chi connectivity index (χ4v) is 3.07. The first-order valence-electron chi connectivity index (χ1n) is 8.21. The molecule has 5 heteroatoms. The maximum atomic E-state index is 12.1. The molecule has 1 aliphatic heterocycles. The topological polar surface area (TPSA) is 50.4 Å². The molecule has 0 radical (unpaired) electrons. The van der Waals surface area contributed by atoms with Crippen molar-refractivity contribution in [2.75, 3.05) is 20.2 Å². The SMILES string of the molecule is COc1cc(CNC(=O)CC(C)C2CCCNC2)ccc1C.Cl. The van der Waals surface area contributed by atoms with Gasteiger partial charge in [0.1, 0.15) is 5.75 Å². The molecule has 0 spiro atoms. The highest BCUT2D eigenvalue weighted by Gasteiger charge is 2.21. The van der Waals surface area contributed by atoms with Crippen LogP contribution in [0.4, 0.5) is 0 Å². The largest absolute Gasteiger partial charge is 0.496 e. The second kappa shape index (κ2) is 9.78. The third-order valence-corrected chi connectivity index (χ3v) is 4.61. The Hall–Kier alpha value is -1.26. The van der Waals surface area contributed by atoms with Gasteiger partial charge in [0, 0.05) is 13.0 Å². The molecule has 1 aliphatic rings. The molecule has 2 atom stereocenters. The number of ether oxygens (including phenoxy) is 1. The molecule has 4 nitrogen and oxygen atoms in total. The van der Waals surface area contributed by atoms with Crippen LogP contribution >= 0.6 is 12.4 Å². The van der Waals surface area contributed by atoms with E-state index < -0.39 is 0 Å². The Morgan fingerprint density at radius 3 is 2.91 bits per heavy atom. The number of nitrogens with one attached hydrogen (secondary N) is 2. The van der Waals surface area contributed by atoms with Crippen LogP contribution in [0.3, 0.4) is 0 Å². The summed E-state index contributed by atoms with van der Waals surface area (Å²) in [5.41, 5.74) is 2.18. The molecule has 2 N–H and O–H groups in total. The van der Waals surface area contributed by atoms with Gasteiger partial charge in [0.25, 0.3) is 0 Å². The van der Waals surface area contributed by atoms with Crippen LogP contribution in [0.15, 0.2) is 18.2 Å². The molecular weight excluding hydrogens is 312 g/mol. The van der Waals surface area contributed by atoms with Crippen molar-refractivity contribution in [1.82, 2.24) is 10.6 Å². The van der Waals surface area contributed by atoms with Gasteiger partial charge in [-0.2, -0.15) is 0 Å². The number of benzene rings is 1. The Morgan fingerprint density at radius 2 is 2.26 bits per heavy atom. The number of piperidine rings is 1. The number of carbonyl (C=O) groups is 1. The molecule has 0 saturated carbocycles. The van der Waals surface area contributed by atoms with Crippen molar-refractivity contribution < 1.29 is 9.53 Å². The Kier molecular flexibility index (Phi) is 8.42. The van der Waals surface area contributed by atoms with Crippen LogP contribution in [0.25, 0.3) is 0 Å². The number of amides is 1. The number of rotatable bonds is 6. The summed E-state index contributed by atoms with van der Waals surface area (Å²) >= 11 is 0. The summed E-state index contributed by atoms with van der Waals surface area (Å²) in [4.78, 5) is 12.1.